The fourth-order valence-electron chi connectivity index (χ4n) is 0.839. The molecule has 0 spiro atoms. The minimum absolute atomic E-state index is 0.158. The zero-order valence-corrected chi connectivity index (χ0v) is 8.19. The Morgan fingerprint density at radius 3 is 1.56 bits per heavy atom. The van der Waals surface area contributed by atoms with Gasteiger partial charge in [0.1, 0.15) is 13.2 Å². The first kappa shape index (κ1) is 12.5. The summed E-state index contributed by atoms with van der Waals surface area (Å²) in [7, 11) is 0. The summed E-state index contributed by atoms with van der Waals surface area (Å²) in [5, 5.41) is 17.0. The van der Waals surface area contributed by atoms with Crippen LogP contribution < -0.4 is 9.47 Å². The van der Waals surface area contributed by atoms with E-state index in [4.69, 9.17) is 19.7 Å². The molecule has 90 valence electrons. The highest BCUT2D eigenvalue weighted by Crippen LogP contribution is 2.22. The van der Waals surface area contributed by atoms with Crippen molar-refractivity contribution in [2.45, 2.75) is 0 Å². The van der Waals surface area contributed by atoms with Gasteiger partial charge in [-0.25, -0.2) is 0 Å². The van der Waals surface area contributed by atoms with Crippen LogP contribution >= 0.6 is 0 Å². The number of aliphatic hydroxyl groups excluding tert-OH is 2. The maximum Gasteiger partial charge on any atom is 0.281 e. The van der Waals surface area contributed by atoms with Crippen molar-refractivity contribution in [3.63, 3.8) is 0 Å². The molecule has 6 nitrogen and oxygen atoms in total. The number of nitrogens with zero attached hydrogens (tertiary/aromatic N) is 2. The molecule has 0 saturated carbocycles. The summed E-state index contributed by atoms with van der Waals surface area (Å²) >= 11 is 0. The van der Waals surface area contributed by atoms with Crippen molar-refractivity contribution in [1.29, 1.82) is 0 Å². The van der Waals surface area contributed by atoms with Crippen LogP contribution in [0.5, 0.6) is 11.8 Å². The lowest BCUT2D eigenvalue weighted by molar-refractivity contribution is 0.165. The van der Waals surface area contributed by atoms with E-state index in [2.05, 4.69) is 9.97 Å². The fourth-order valence-corrected chi connectivity index (χ4v) is 0.839. The van der Waals surface area contributed by atoms with Crippen LogP contribution in [0.1, 0.15) is 0 Å². The Kier molecular flexibility index (Phi) is 4.80. The van der Waals surface area contributed by atoms with Crippen LogP contribution in [0, 0.1) is 11.9 Å². The summed E-state index contributed by atoms with van der Waals surface area (Å²) in [5.74, 6) is -3.60. The van der Waals surface area contributed by atoms with Crippen molar-refractivity contribution >= 4 is 0 Å². The molecule has 16 heavy (non-hydrogen) atoms. The van der Waals surface area contributed by atoms with Crippen LogP contribution in [-0.2, 0) is 0 Å². The molecule has 0 aliphatic heterocycles. The van der Waals surface area contributed by atoms with Gasteiger partial charge in [0.2, 0.25) is 0 Å². The van der Waals surface area contributed by atoms with E-state index in [1.807, 2.05) is 0 Å². The molecule has 1 heterocycles. The van der Waals surface area contributed by atoms with Crippen LogP contribution in [0.25, 0.3) is 0 Å². The van der Waals surface area contributed by atoms with Crippen molar-refractivity contribution in [2.24, 2.45) is 0 Å². The molecular formula is C8H10F2N2O4. The Labute approximate surface area is 89.5 Å². The smallest absolute Gasteiger partial charge is 0.281 e. The largest absolute Gasteiger partial charge is 0.471 e. The summed E-state index contributed by atoms with van der Waals surface area (Å²) in [4.78, 5) is 6.24. The maximum atomic E-state index is 12.7. The third-order valence-electron chi connectivity index (χ3n) is 1.41. The van der Waals surface area contributed by atoms with Gasteiger partial charge in [-0.2, -0.15) is 18.7 Å². The Morgan fingerprint density at radius 1 is 0.875 bits per heavy atom. The normalized spacial score (nSPS) is 10.2. The second-order valence-electron chi connectivity index (χ2n) is 2.56. The van der Waals surface area contributed by atoms with Crippen LogP contribution in [-0.4, -0.2) is 46.6 Å². The first-order valence-corrected chi connectivity index (χ1v) is 4.39. The van der Waals surface area contributed by atoms with Gasteiger partial charge in [0.25, 0.3) is 23.7 Å². The van der Waals surface area contributed by atoms with E-state index in [9.17, 15) is 8.78 Å². The highest BCUT2D eigenvalue weighted by molar-refractivity contribution is 5.24. The number of aliphatic hydroxyl groups is 2. The number of aromatic nitrogens is 2. The number of hydrogen-bond donors (Lipinski definition) is 2. The van der Waals surface area contributed by atoms with E-state index in [-0.39, 0.29) is 38.2 Å². The molecule has 0 radical (unpaired) electrons. The predicted octanol–water partition coefficient (Wildman–Crippen LogP) is -0.503. The van der Waals surface area contributed by atoms with Gasteiger partial charge in [0.15, 0.2) is 0 Å². The maximum absolute atomic E-state index is 12.7. The topological polar surface area (TPSA) is 84.7 Å². The van der Waals surface area contributed by atoms with Crippen molar-refractivity contribution in [1.82, 2.24) is 9.97 Å². The first-order valence-electron chi connectivity index (χ1n) is 4.39. The number of hydrogen-bond acceptors (Lipinski definition) is 6. The van der Waals surface area contributed by atoms with E-state index >= 15 is 0 Å². The second-order valence-corrected chi connectivity index (χ2v) is 2.56. The van der Waals surface area contributed by atoms with Gasteiger partial charge in [0.05, 0.1) is 13.2 Å². The van der Waals surface area contributed by atoms with Crippen molar-refractivity contribution < 1.29 is 28.5 Å². The molecule has 0 saturated heterocycles. The predicted molar refractivity (Wildman–Crippen MR) is 47.1 cm³/mol. The van der Waals surface area contributed by atoms with Crippen molar-refractivity contribution in [2.75, 3.05) is 26.4 Å². The summed E-state index contributed by atoms with van der Waals surface area (Å²) < 4.78 is 35.0. The molecule has 8 heteroatoms. The van der Waals surface area contributed by atoms with E-state index < -0.39 is 11.9 Å². The molecule has 0 unspecified atom stereocenters. The van der Waals surface area contributed by atoms with Crippen LogP contribution in [0.3, 0.4) is 0 Å². The van der Waals surface area contributed by atoms with Crippen LogP contribution in [0.2, 0.25) is 0 Å². The van der Waals surface area contributed by atoms with E-state index in [0.29, 0.717) is 0 Å². The lowest BCUT2D eigenvalue weighted by atomic mass is 10.6. The van der Waals surface area contributed by atoms with Gasteiger partial charge in [0, 0.05) is 0 Å². The molecule has 0 amide bonds. The third-order valence-corrected chi connectivity index (χ3v) is 1.41. The molecule has 0 bridgehead atoms. The molecule has 0 atom stereocenters. The van der Waals surface area contributed by atoms with Crippen LogP contribution in [0.15, 0.2) is 0 Å². The number of ether oxygens (including phenoxy) is 2. The van der Waals surface area contributed by atoms with E-state index in [0.717, 1.165) is 0 Å². The van der Waals surface area contributed by atoms with Gasteiger partial charge in [-0.1, -0.05) is 0 Å². The standard InChI is InChI=1S/C8H10F2N2O4/c9-5-6(10)12-8(16-4-2-14)7(11-5)15-3-1-13/h13-14H,1-4H2. The van der Waals surface area contributed by atoms with E-state index in [1.165, 1.54) is 0 Å². The average molecular weight is 236 g/mol. The minimum atomic E-state index is -1.43. The van der Waals surface area contributed by atoms with Gasteiger partial charge < -0.3 is 19.7 Å². The van der Waals surface area contributed by atoms with Gasteiger partial charge in [-0.15, -0.1) is 0 Å². The molecule has 1 rings (SSSR count). The Morgan fingerprint density at radius 2 is 1.25 bits per heavy atom. The Balaban J connectivity index is 2.87. The number of rotatable bonds is 6. The highest BCUT2D eigenvalue weighted by Gasteiger charge is 2.16. The minimum Gasteiger partial charge on any atom is -0.471 e. The molecule has 0 fully saturated rings. The molecule has 1 aromatic rings. The van der Waals surface area contributed by atoms with Gasteiger partial charge >= 0.3 is 0 Å². The van der Waals surface area contributed by atoms with Crippen molar-refractivity contribution in [3.8, 4) is 11.8 Å². The number of halogens is 2. The first-order chi connectivity index (χ1) is 7.69. The SMILES string of the molecule is OCCOc1nc(F)c(F)nc1OCCO. The molecule has 0 aliphatic rings. The Bertz CT molecular complexity index is 318. The average Bonchev–Trinajstić information content (AvgIpc) is 2.28. The van der Waals surface area contributed by atoms with Gasteiger partial charge in [-0.3, -0.25) is 0 Å². The molecule has 1 aromatic heterocycles. The zero-order chi connectivity index (χ0) is 12.0. The lowest BCUT2D eigenvalue weighted by Gasteiger charge is -2.09. The van der Waals surface area contributed by atoms with Crippen molar-refractivity contribution in [3.05, 3.63) is 11.9 Å². The van der Waals surface area contributed by atoms with Crippen LogP contribution in [0.4, 0.5) is 8.78 Å². The summed E-state index contributed by atoms with van der Waals surface area (Å²) in [5.41, 5.74) is 0. The molecule has 0 aromatic carbocycles. The summed E-state index contributed by atoms with van der Waals surface area (Å²) in [6.07, 6.45) is 0. The fraction of sp³-hybridized carbons (Fsp3) is 0.500. The monoisotopic (exact) mass is 236 g/mol. The van der Waals surface area contributed by atoms with E-state index in [1.54, 1.807) is 0 Å². The zero-order valence-electron chi connectivity index (χ0n) is 8.19. The quantitative estimate of drug-likeness (QED) is 0.692. The lowest BCUT2D eigenvalue weighted by Crippen LogP contribution is -2.11. The molecule has 0 aliphatic carbocycles. The molecular weight excluding hydrogens is 226 g/mol. The summed E-state index contributed by atoms with van der Waals surface area (Å²) in [6.45, 7) is -0.954. The van der Waals surface area contributed by atoms with Gasteiger partial charge in [-0.05, 0) is 0 Å². The highest BCUT2D eigenvalue weighted by atomic mass is 19.2. The Hall–Kier alpha value is -1.54. The second kappa shape index (κ2) is 6.13. The summed E-state index contributed by atoms with van der Waals surface area (Å²) in [6, 6.07) is 0. The molecule has 2 N–H and O–H groups in total. The third kappa shape index (κ3) is 3.24.